The minimum atomic E-state index is -1.20. The molecule has 0 radical (unpaired) electrons. The van der Waals surface area contributed by atoms with Crippen molar-refractivity contribution in [2.45, 2.75) is 58.0 Å². The Morgan fingerprint density at radius 3 is 2.52 bits per heavy atom. The number of para-hydroxylation sites is 1. The summed E-state index contributed by atoms with van der Waals surface area (Å²) >= 11 is 0. The van der Waals surface area contributed by atoms with Gasteiger partial charge in [0, 0.05) is 31.7 Å². The van der Waals surface area contributed by atoms with Crippen molar-refractivity contribution in [1.82, 2.24) is 5.32 Å². The summed E-state index contributed by atoms with van der Waals surface area (Å²) in [6.45, 7) is 5.36. The summed E-state index contributed by atoms with van der Waals surface area (Å²) in [4.78, 5) is 37.5. The summed E-state index contributed by atoms with van der Waals surface area (Å²) in [6, 6.07) is 12.0. The molecule has 1 aliphatic heterocycles. The summed E-state index contributed by atoms with van der Waals surface area (Å²) in [5.74, 6) is -1.89. The molecule has 2 atom stereocenters. The molecule has 0 bridgehead atoms. The van der Waals surface area contributed by atoms with Crippen LogP contribution in [0.3, 0.4) is 0 Å². The molecule has 1 saturated heterocycles. The Morgan fingerprint density at radius 1 is 1.15 bits per heavy atom. The lowest BCUT2D eigenvalue weighted by Gasteiger charge is -2.33. The monoisotopic (exact) mass is 452 g/mol. The van der Waals surface area contributed by atoms with Crippen LogP contribution in [-0.2, 0) is 9.59 Å². The topological polar surface area (TPSA) is 95.9 Å². The van der Waals surface area contributed by atoms with Gasteiger partial charge < -0.3 is 19.5 Å². The zero-order valence-corrected chi connectivity index (χ0v) is 19.3. The number of hydrogen-bond donors (Lipinski definition) is 2. The van der Waals surface area contributed by atoms with E-state index in [9.17, 15) is 19.5 Å². The molecule has 1 heterocycles. The molecule has 176 valence electrons. The SMILES string of the molecule is CCCC(NC(C=O)c1ccc(C(=O)O)c(OC(C)=O)c1)c1ccccc1N1CCCCC1. The number of aromatic carboxylic acids is 1. The number of rotatable bonds is 10. The number of hydrogen-bond acceptors (Lipinski definition) is 6. The number of benzene rings is 2. The maximum absolute atomic E-state index is 12.1. The fourth-order valence-electron chi connectivity index (χ4n) is 4.40. The third-order valence-electron chi connectivity index (χ3n) is 5.95. The van der Waals surface area contributed by atoms with Crippen molar-refractivity contribution in [3.05, 3.63) is 59.2 Å². The molecule has 2 aromatic rings. The molecule has 0 spiro atoms. The van der Waals surface area contributed by atoms with E-state index in [0.29, 0.717) is 5.56 Å². The lowest BCUT2D eigenvalue weighted by atomic mass is 9.96. The highest BCUT2D eigenvalue weighted by Crippen LogP contribution is 2.33. The Balaban J connectivity index is 1.92. The number of nitrogens with one attached hydrogen (secondary N) is 1. The van der Waals surface area contributed by atoms with Crippen LogP contribution in [0.5, 0.6) is 5.75 Å². The van der Waals surface area contributed by atoms with Crippen LogP contribution in [-0.4, -0.2) is 36.4 Å². The van der Waals surface area contributed by atoms with Crippen LogP contribution in [0.15, 0.2) is 42.5 Å². The molecule has 0 saturated carbocycles. The van der Waals surface area contributed by atoms with Gasteiger partial charge in [0.2, 0.25) is 0 Å². The van der Waals surface area contributed by atoms with Gasteiger partial charge in [-0.15, -0.1) is 0 Å². The van der Waals surface area contributed by atoms with Crippen LogP contribution in [0.25, 0.3) is 0 Å². The number of esters is 1. The normalized spacial score (nSPS) is 15.5. The lowest BCUT2D eigenvalue weighted by molar-refractivity contribution is -0.131. The van der Waals surface area contributed by atoms with Gasteiger partial charge in [0.15, 0.2) is 0 Å². The maximum Gasteiger partial charge on any atom is 0.339 e. The number of carboxylic acid groups (broad SMARTS) is 1. The van der Waals surface area contributed by atoms with Crippen LogP contribution in [0.1, 0.15) is 79.5 Å². The molecule has 2 unspecified atom stereocenters. The van der Waals surface area contributed by atoms with E-state index in [2.05, 4.69) is 29.3 Å². The van der Waals surface area contributed by atoms with Gasteiger partial charge in [-0.05, 0) is 55.0 Å². The number of carbonyl (C=O) groups excluding carboxylic acids is 2. The Hall–Kier alpha value is -3.19. The predicted octanol–water partition coefficient (Wildman–Crippen LogP) is 4.67. The Kier molecular flexibility index (Phi) is 8.60. The molecule has 1 fully saturated rings. The zero-order valence-electron chi connectivity index (χ0n) is 19.3. The highest BCUT2D eigenvalue weighted by molar-refractivity contribution is 5.92. The minimum absolute atomic E-state index is 0.0677. The number of anilines is 1. The van der Waals surface area contributed by atoms with Gasteiger partial charge in [0.05, 0.1) is 6.04 Å². The predicted molar refractivity (Wildman–Crippen MR) is 127 cm³/mol. The standard InChI is InChI=1S/C26H32N2O5/c1-3-9-22(20-10-5-6-11-24(20)28-14-7-4-8-15-28)27-23(17-29)19-12-13-21(26(31)32)25(16-19)33-18(2)30/h5-6,10-13,16-17,22-23,27H,3-4,7-9,14-15H2,1-2H3,(H,31,32). The van der Waals surface area contributed by atoms with E-state index in [1.54, 1.807) is 6.07 Å². The van der Waals surface area contributed by atoms with Crippen molar-refractivity contribution < 1.29 is 24.2 Å². The van der Waals surface area contributed by atoms with Crippen molar-refractivity contribution >= 4 is 23.9 Å². The number of carboxylic acids is 1. The molecule has 3 rings (SSSR count). The highest BCUT2D eigenvalue weighted by atomic mass is 16.5. The van der Waals surface area contributed by atoms with E-state index < -0.39 is 18.0 Å². The van der Waals surface area contributed by atoms with Crippen LogP contribution in [0.2, 0.25) is 0 Å². The quantitative estimate of drug-likeness (QED) is 0.307. The number of carbonyl (C=O) groups is 3. The van der Waals surface area contributed by atoms with Gasteiger partial charge in [-0.2, -0.15) is 0 Å². The van der Waals surface area contributed by atoms with Crippen molar-refractivity contribution in [2.75, 3.05) is 18.0 Å². The molecule has 33 heavy (non-hydrogen) atoms. The second-order valence-electron chi connectivity index (χ2n) is 8.38. The Morgan fingerprint density at radius 2 is 1.88 bits per heavy atom. The van der Waals surface area contributed by atoms with Gasteiger partial charge in [0.25, 0.3) is 0 Å². The third-order valence-corrected chi connectivity index (χ3v) is 5.95. The second kappa shape index (κ2) is 11.6. The first-order chi connectivity index (χ1) is 15.9. The van der Waals surface area contributed by atoms with E-state index in [1.807, 2.05) is 12.1 Å². The van der Waals surface area contributed by atoms with E-state index in [4.69, 9.17) is 4.74 Å². The molecular formula is C26H32N2O5. The summed E-state index contributed by atoms with van der Waals surface area (Å²) in [7, 11) is 0. The van der Waals surface area contributed by atoms with Gasteiger partial charge >= 0.3 is 11.9 Å². The smallest absolute Gasteiger partial charge is 0.339 e. The molecule has 0 aliphatic carbocycles. The first-order valence-corrected chi connectivity index (χ1v) is 11.6. The van der Waals surface area contributed by atoms with E-state index >= 15 is 0 Å². The summed E-state index contributed by atoms with van der Waals surface area (Å²) in [6.07, 6.45) is 6.16. The molecule has 2 N–H and O–H groups in total. The minimum Gasteiger partial charge on any atom is -0.478 e. The van der Waals surface area contributed by atoms with Gasteiger partial charge in [-0.25, -0.2) is 4.79 Å². The maximum atomic E-state index is 12.1. The molecule has 7 heteroatoms. The zero-order chi connectivity index (χ0) is 23.8. The highest BCUT2D eigenvalue weighted by Gasteiger charge is 2.24. The first kappa shape index (κ1) is 24.5. The van der Waals surface area contributed by atoms with Crippen LogP contribution >= 0.6 is 0 Å². The van der Waals surface area contributed by atoms with E-state index in [1.165, 1.54) is 44.0 Å². The van der Waals surface area contributed by atoms with Crippen LogP contribution in [0, 0.1) is 0 Å². The summed E-state index contributed by atoms with van der Waals surface area (Å²) in [5.41, 5.74) is 2.76. The molecule has 7 nitrogen and oxygen atoms in total. The Bertz CT molecular complexity index is 984. The number of nitrogens with zero attached hydrogens (tertiary/aromatic N) is 1. The van der Waals surface area contributed by atoms with Crippen molar-refractivity contribution in [2.24, 2.45) is 0 Å². The molecular weight excluding hydrogens is 420 g/mol. The van der Waals surface area contributed by atoms with Crippen LogP contribution < -0.4 is 15.0 Å². The number of piperidine rings is 1. The van der Waals surface area contributed by atoms with Gasteiger partial charge in [0.1, 0.15) is 17.6 Å². The number of ether oxygens (including phenoxy) is 1. The molecule has 0 amide bonds. The van der Waals surface area contributed by atoms with Gasteiger partial charge in [-0.3, -0.25) is 10.1 Å². The van der Waals surface area contributed by atoms with E-state index in [-0.39, 0.29) is 17.4 Å². The second-order valence-corrected chi connectivity index (χ2v) is 8.38. The average molecular weight is 453 g/mol. The van der Waals surface area contributed by atoms with Crippen molar-refractivity contribution in [3.63, 3.8) is 0 Å². The largest absolute Gasteiger partial charge is 0.478 e. The molecule has 1 aliphatic rings. The fraction of sp³-hybridized carbons (Fsp3) is 0.423. The van der Waals surface area contributed by atoms with Crippen molar-refractivity contribution in [1.29, 1.82) is 0 Å². The third kappa shape index (κ3) is 6.20. The van der Waals surface area contributed by atoms with E-state index in [0.717, 1.165) is 37.8 Å². The van der Waals surface area contributed by atoms with Gasteiger partial charge in [-0.1, -0.05) is 37.6 Å². The van der Waals surface area contributed by atoms with Crippen LogP contribution in [0.4, 0.5) is 5.69 Å². The fourth-order valence-corrected chi connectivity index (χ4v) is 4.40. The summed E-state index contributed by atoms with van der Waals surface area (Å²) in [5, 5.41) is 12.9. The average Bonchev–Trinajstić information content (AvgIpc) is 2.82. The van der Waals surface area contributed by atoms with Crippen molar-refractivity contribution in [3.8, 4) is 5.75 Å². The molecule has 2 aromatic carbocycles. The Labute approximate surface area is 194 Å². The summed E-state index contributed by atoms with van der Waals surface area (Å²) < 4.78 is 5.11. The number of aldehydes is 1. The first-order valence-electron chi connectivity index (χ1n) is 11.6. The lowest BCUT2D eigenvalue weighted by Crippen LogP contribution is -2.33. The molecule has 0 aromatic heterocycles.